The fourth-order valence-electron chi connectivity index (χ4n) is 1.99. The summed E-state index contributed by atoms with van der Waals surface area (Å²) < 4.78 is 10.3. The van der Waals surface area contributed by atoms with Crippen LogP contribution in [0.3, 0.4) is 0 Å². The number of para-hydroxylation sites is 2. The first kappa shape index (κ1) is 11.7. The normalized spacial score (nSPS) is 19.3. The molecule has 1 aliphatic heterocycles. The molecule has 0 spiro atoms. The molecule has 5 heteroatoms. The lowest BCUT2D eigenvalue weighted by Gasteiger charge is -2.22. The van der Waals surface area contributed by atoms with E-state index >= 15 is 0 Å². The Morgan fingerprint density at radius 2 is 2.29 bits per heavy atom. The van der Waals surface area contributed by atoms with Gasteiger partial charge in [-0.05, 0) is 25.1 Å². The van der Waals surface area contributed by atoms with Crippen molar-refractivity contribution in [2.45, 2.75) is 12.5 Å². The summed E-state index contributed by atoms with van der Waals surface area (Å²) in [6.07, 6.45) is 0.372. The fraction of sp³-hybridized carbons (Fsp3) is 0.417. The fourth-order valence-corrected chi connectivity index (χ4v) is 1.99. The Kier molecular flexibility index (Phi) is 3.49. The molecule has 1 amide bonds. The van der Waals surface area contributed by atoms with Crippen LogP contribution < -0.4 is 15.4 Å². The minimum absolute atomic E-state index is 0.0104. The Balaban J connectivity index is 2.32. The van der Waals surface area contributed by atoms with Crippen molar-refractivity contribution in [2.24, 2.45) is 5.73 Å². The minimum Gasteiger partial charge on any atom is -0.495 e. The maximum atomic E-state index is 11.7. The van der Waals surface area contributed by atoms with E-state index in [1.807, 2.05) is 24.3 Å². The van der Waals surface area contributed by atoms with Crippen LogP contribution in [-0.2, 0) is 4.74 Å². The van der Waals surface area contributed by atoms with Gasteiger partial charge in [-0.1, -0.05) is 12.1 Å². The number of hydrogen-bond donors (Lipinski definition) is 1. The van der Waals surface area contributed by atoms with Gasteiger partial charge in [-0.25, -0.2) is 4.79 Å². The molecule has 1 atom stereocenters. The van der Waals surface area contributed by atoms with Crippen molar-refractivity contribution in [1.29, 1.82) is 0 Å². The van der Waals surface area contributed by atoms with Crippen molar-refractivity contribution in [3.8, 4) is 5.75 Å². The van der Waals surface area contributed by atoms with Crippen LogP contribution in [0.4, 0.5) is 10.5 Å². The average molecular weight is 236 g/mol. The lowest BCUT2D eigenvalue weighted by Crippen LogP contribution is -2.35. The Hall–Kier alpha value is -1.75. The van der Waals surface area contributed by atoms with E-state index in [2.05, 4.69) is 0 Å². The van der Waals surface area contributed by atoms with Crippen LogP contribution in [0.2, 0.25) is 0 Å². The van der Waals surface area contributed by atoms with E-state index in [4.69, 9.17) is 15.2 Å². The average Bonchev–Trinajstić information content (AvgIpc) is 2.71. The third-order valence-electron chi connectivity index (χ3n) is 2.81. The van der Waals surface area contributed by atoms with Gasteiger partial charge in [0.05, 0.1) is 18.8 Å². The number of rotatable bonds is 4. The quantitative estimate of drug-likeness (QED) is 0.857. The summed E-state index contributed by atoms with van der Waals surface area (Å²) in [6, 6.07) is 7.38. The van der Waals surface area contributed by atoms with Crippen LogP contribution in [0.5, 0.6) is 5.75 Å². The number of ether oxygens (including phenoxy) is 2. The maximum absolute atomic E-state index is 11.7. The number of amides is 1. The van der Waals surface area contributed by atoms with Crippen LogP contribution >= 0.6 is 0 Å². The van der Waals surface area contributed by atoms with Crippen molar-refractivity contribution in [3.05, 3.63) is 24.3 Å². The largest absolute Gasteiger partial charge is 0.495 e. The number of benzene rings is 1. The number of nitrogens with two attached hydrogens (primary N) is 1. The molecule has 5 nitrogen and oxygen atoms in total. The molecule has 2 rings (SSSR count). The molecular weight excluding hydrogens is 220 g/mol. The van der Waals surface area contributed by atoms with Gasteiger partial charge in [0.25, 0.3) is 0 Å². The Labute approximate surface area is 100 Å². The van der Waals surface area contributed by atoms with Crippen LogP contribution in [0.15, 0.2) is 24.3 Å². The zero-order valence-electron chi connectivity index (χ0n) is 9.76. The molecule has 1 aromatic carbocycles. The minimum atomic E-state index is -0.340. The zero-order valence-corrected chi connectivity index (χ0v) is 9.76. The number of nitrogens with zero attached hydrogens (tertiary/aromatic N) is 1. The molecule has 1 fully saturated rings. The van der Waals surface area contributed by atoms with Crippen molar-refractivity contribution in [2.75, 3.05) is 25.2 Å². The highest BCUT2D eigenvalue weighted by Gasteiger charge is 2.35. The first-order valence-electron chi connectivity index (χ1n) is 5.57. The van der Waals surface area contributed by atoms with Gasteiger partial charge in [-0.2, -0.15) is 0 Å². The molecule has 17 heavy (non-hydrogen) atoms. The number of carbonyl (C=O) groups excluding carboxylic acids is 1. The molecule has 1 aliphatic rings. The second-order valence-corrected chi connectivity index (χ2v) is 3.85. The highest BCUT2D eigenvalue weighted by Crippen LogP contribution is 2.32. The maximum Gasteiger partial charge on any atom is 0.414 e. The first-order chi connectivity index (χ1) is 8.27. The van der Waals surface area contributed by atoms with E-state index in [0.29, 0.717) is 25.3 Å². The molecule has 92 valence electrons. The van der Waals surface area contributed by atoms with Crippen LogP contribution in [0.1, 0.15) is 6.42 Å². The Morgan fingerprint density at radius 1 is 1.53 bits per heavy atom. The number of carbonyl (C=O) groups is 1. The van der Waals surface area contributed by atoms with E-state index < -0.39 is 0 Å². The molecule has 0 bridgehead atoms. The van der Waals surface area contributed by atoms with Gasteiger partial charge in [0.15, 0.2) is 0 Å². The number of anilines is 1. The Morgan fingerprint density at radius 3 is 3.00 bits per heavy atom. The summed E-state index contributed by atoms with van der Waals surface area (Å²) in [7, 11) is 1.58. The lowest BCUT2D eigenvalue weighted by atomic mass is 10.1. The van der Waals surface area contributed by atoms with Crippen LogP contribution in [0, 0.1) is 0 Å². The summed E-state index contributed by atoms with van der Waals surface area (Å²) in [5.74, 6) is 0.661. The van der Waals surface area contributed by atoms with Gasteiger partial charge in [0, 0.05) is 0 Å². The van der Waals surface area contributed by atoms with E-state index in [-0.39, 0.29) is 12.1 Å². The second-order valence-electron chi connectivity index (χ2n) is 3.85. The molecule has 1 unspecified atom stereocenters. The standard InChI is InChI=1S/C12H16N2O3/c1-16-11-5-3-2-4-10(11)14-9(6-7-13)8-17-12(14)15/h2-5,9H,6-8,13H2,1H3. The van der Waals surface area contributed by atoms with Crippen LogP contribution in [-0.4, -0.2) is 32.4 Å². The third kappa shape index (κ3) is 2.19. The Bertz CT molecular complexity index is 408. The van der Waals surface area contributed by atoms with Crippen LogP contribution in [0.25, 0.3) is 0 Å². The summed E-state index contributed by atoms with van der Waals surface area (Å²) in [6.45, 7) is 0.904. The smallest absolute Gasteiger partial charge is 0.414 e. The highest BCUT2D eigenvalue weighted by atomic mass is 16.6. The molecular formula is C12H16N2O3. The third-order valence-corrected chi connectivity index (χ3v) is 2.81. The number of cyclic esters (lactones) is 1. The van der Waals surface area contributed by atoms with E-state index in [0.717, 1.165) is 5.69 Å². The van der Waals surface area contributed by atoms with Crippen molar-refractivity contribution in [3.63, 3.8) is 0 Å². The molecule has 0 radical (unpaired) electrons. The summed E-state index contributed by atoms with van der Waals surface area (Å²) in [4.78, 5) is 13.4. The van der Waals surface area contributed by atoms with Gasteiger partial charge in [-0.15, -0.1) is 0 Å². The summed E-state index contributed by atoms with van der Waals surface area (Å²) in [5, 5.41) is 0. The summed E-state index contributed by atoms with van der Waals surface area (Å²) >= 11 is 0. The molecule has 0 aliphatic carbocycles. The monoisotopic (exact) mass is 236 g/mol. The lowest BCUT2D eigenvalue weighted by molar-refractivity contribution is 0.178. The van der Waals surface area contributed by atoms with E-state index in [1.54, 1.807) is 12.0 Å². The second kappa shape index (κ2) is 5.05. The predicted octanol–water partition coefficient (Wildman–Crippen LogP) is 1.37. The van der Waals surface area contributed by atoms with Gasteiger partial charge in [0.2, 0.25) is 0 Å². The first-order valence-corrected chi connectivity index (χ1v) is 5.57. The molecule has 2 N–H and O–H groups in total. The zero-order chi connectivity index (χ0) is 12.3. The molecule has 1 saturated heterocycles. The topological polar surface area (TPSA) is 64.8 Å². The predicted molar refractivity (Wildman–Crippen MR) is 64.3 cm³/mol. The van der Waals surface area contributed by atoms with Gasteiger partial charge in [-0.3, -0.25) is 4.90 Å². The SMILES string of the molecule is COc1ccccc1N1C(=O)OCC1CCN. The van der Waals surface area contributed by atoms with E-state index in [9.17, 15) is 4.79 Å². The van der Waals surface area contributed by atoms with Gasteiger partial charge >= 0.3 is 6.09 Å². The number of methoxy groups -OCH3 is 1. The van der Waals surface area contributed by atoms with Crippen molar-refractivity contribution >= 4 is 11.8 Å². The van der Waals surface area contributed by atoms with Gasteiger partial charge < -0.3 is 15.2 Å². The summed E-state index contributed by atoms with van der Waals surface area (Å²) in [5.41, 5.74) is 6.27. The molecule has 1 aromatic rings. The highest BCUT2D eigenvalue weighted by molar-refractivity contribution is 5.92. The number of hydrogen-bond acceptors (Lipinski definition) is 4. The van der Waals surface area contributed by atoms with E-state index in [1.165, 1.54) is 0 Å². The molecule has 0 aromatic heterocycles. The molecule has 1 heterocycles. The molecule has 0 saturated carbocycles. The van der Waals surface area contributed by atoms with Crippen molar-refractivity contribution < 1.29 is 14.3 Å². The van der Waals surface area contributed by atoms with Crippen molar-refractivity contribution in [1.82, 2.24) is 0 Å². The van der Waals surface area contributed by atoms with Gasteiger partial charge in [0.1, 0.15) is 12.4 Å².